The van der Waals surface area contributed by atoms with E-state index in [0.717, 1.165) is 56.8 Å². The van der Waals surface area contributed by atoms with Crippen LogP contribution in [-0.2, 0) is 17.9 Å². The average molecular weight is 342 g/mol. The fourth-order valence-corrected chi connectivity index (χ4v) is 4.18. The SMILES string of the molecule is O=C1N(Cc2ccc(F)cc2)CCC[C@@]12CCN(Cc1ncc[nH]1)C2. The number of amides is 1. The molecule has 5 nitrogen and oxygen atoms in total. The standard InChI is InChI=1S/C19H23FN4O/c20-16-4-2-15(3-5-16)12-24-10-1-6-19(18(24)25)7-11-23(14-19)13-17-21-8-9-22-17/h2-5,8-9H,1,6-7,10-14H2,(H,21,22)/t19-/m0/s1. The van der Waals surface area contributed by atoms with Crippen molar-refractivity contribution in [3.05, 3.63) is 53.9 Å². The van der Waals surface area contributed by atoms with E-state index in [1.165, 1.54) is 12.1 Å². The lowest BCUT2D eigenvalue weighted by atomic mass is 9.78. The van der Waals surface area contributed by atoms with Crippen LogP contribution in [0, 0.1) is 11.2 Å². The number of aromatic nitrogens is 2. The number of nitrogens with zero attached hydrogens (tertiary/aromatic N) is 3. The zero-order chi connectivity index (χ0) is 17.3. The zero-order valence-electron chi connectivity index (χ0n) is 14.2. The first-order valence-corrected chi connectivity index (χ1v) is 8.89. The summed E-state index contributed by atoms with van der Waals surface area (Å²) in [5.41, 5.74) is 0.724. The predicted octanol–water partition coefficient (Wildman–Crippen LogP) is 2.56. The Kier molecular flexibility index (Phi) is 4.29. The van der Waals surface area contributed by atoms with Gasteiger partial charge in [0, 0.05) is 32.0 Å². The molecule has 2 aliphatic rings. The molecule has 2 fully saturated rings. The first-order valence-electron chi connectivity index (χ1n) is 8.89. The third kappa shape index (κ3) is 3.31. The van der Waals surface area contributed by atoms with E-state index in [1.54, 1.807) is 18.3 Å². The van der Waals surface area contributed by atoms with Crippen LogP contribution in [0.4, 0.5) is 4.39 Å². The number of hydrogen-bond donors (Lipinski definition) is 1. The Morgan fingerprint density at radius 3 is 2.76 bits per heavy atom. The molecule has 1 N–H and O–H groups in total. The molecule has 0 radical (unpaired) electrons. The Labute approximate surface area is 146 Å². The summed E-state index contributed by atoms with van der Waals surface area (Å²) in [6, 6.07) is 6.45. The number of aromatic amines is 1. The highest BCUT2D eigenvalue weighted by Gasteiger charge is 2.48. The third-order valence-electron chi connectivity index (χ3n) is 5.47. The van der Waals surface area contributed by atoms with Crippen molar-refractivity contribution in [2.24, 2.45) is 5.41 Å². The van der Waals surface area contributed by atoms with Gasteiger partial charge in [-0.2, -0.15) is 0 Å². The topological polar surface area (TPSA) is 52.2 Å². The van der Waals surface area contributed by atoms with Crippen molar-refractivity contribution in [2.75, 3.05) is 19.6 Å². The second kappa shape index (κ2) is 6.59. The van der Waals surface area contributed by atoms with Gasteiger partial charge in [-0.15, -0.1) is 0 Å². The van der Waals surface area contributed by atoms with Gasteiger partial charge in [-0.05, 0) is 43.5 Å². The molecule has 132 valence electrons. The molecule has 1 spiro atoms. The molecule has 0 bridgehead atoms. The number of rotatable bonds is 4. The molecule has 1 aromatic heterocycles. The Morgan fingerprint density at radius 2 is 2.00 bits per heavy atom. The highest BCUT2D eigenvalue weighted by molar-refractivity contribution is 5.84. The fourth-order valence-electron chi connectivity index (χ4n) is 4.18. The fraction of sp³-hybridized carbons (Fsp3) is 0.474. The van der Waals surface area contributed by atoms with Crippen LogP contribution in [0.1, 0.15) is 30.7 Å². The van der Waals surface area contributed by atoms with Crippen molar-refractivity contribution in [3.8, 4) is 0 Å². The highest BCUT2D eigenvalue weighted by Crippen LogP contribution is 2.40. The highest BCUT2D eigenvalue weighted by atomic mass is 19.1. The second-order valence-electron chi connectivity index (χ2n) is 7.23. The summed E-state index contributed by atoms with van der Waals surface area (Å²) in [6.07, 6.45) is 6.49. The number of halogens is 1. The number of imidazole rings is 1. The van der Waals surface area contributed by atoms with Gasteiger partial charge in [0.25, 0.3) is 0 Å². The number of benzene rings is 1. The van der Waals surface area contributed by atoms with Gasteiger partial charge in [0.15, 0.2) is 0 Å². The van der Waals surface area contributed by atoms with Gasteiger partial charge in [-0.1, -0.05) is 12.1 Å². The number of piperidine rings is 1. The predicted molar refractivity (Wildman–Crippen MR) is 92.0 cm³/mol. The van der Waals surface area contributed by atoms with E-state index in [1.807, 2.05) is 11.1 Å². The average Bonchev–Trinajstić information content (AvgIpc) is 3.25. The van der Waals surface area contributed by atoms with Crippen molar-refractivity contribution in [1.82, 2.24) is 19.8 Å². The van der Waals surface area contributed by atoms with Gasteiger partial charge in [0.2, 0.25) is 5.91 Å². The number of hydrogen-bond acceptors (Lipinski definition) is 3. The molecule has 2 aliphatic heterocycles. The summed E-state index contributed by atoms with van der Waals surface area (Å²) in [7, 11) is 0. The van der Waals surface area contributed by atoms with Crippen LogP contribution in [0.15, 0.2) is 36.7 Å². The van der Waals surface area contributed by atoms with E-state index in [9.17, 15) is 9.18 Å². The van der Waals surface area contributed by atoms with Gasteiger partial charge in [-0.3, -0.25) is 9.69 Å². The largest absolute Gasteiger partial charge is 0.348 e. The van der Waals surface area contributed by atoms with Crippen molar-refractivity contribution in [2.45, 2.75) is 32.4 Å². The molecule has 0 saturated carbocycles. The number of carbonyl (C=O) groups excluding carboxylic acids is 1. The van der Waals surface area contributed by atoms with E-state index < -0.39 is 0 Å². The number of H-pyrrole nitrogens is 1. The molecular weight excluding hydrogens is 319 g/mol. The van der Waals surface area contributed by atoms with E-state index in [-0.39, 0.29) is 17.1 Å². The van der Waals surface area contributed by atoms with Crippen LogP contribution >= 0.6 is 0 Å². The molecule has 6 heteroatoms. The van der Waals surface area contributed by atoms with E-state index in [4.69, 9.17) is 0 Å². The Hall–Kier alpha value is -2.21. The molecule has 0 unspecified atom stereocenters. The maximum absolute atomic E-state index is 13.2. The summed E-state index contributed by atoms with van der Waals surface area (Å²) in [5, 5.41) is 0. The maximum atomic E-state index is 13.2. The van der Waals surface area contributed by atoms with Crippen LogP contribution in [0.2, 0.25) is 0 Å². The lowest BCUT2D eigenvalue weighted by Crippen LogP contribution is -2.49. The van der Waals surface area contributed by atoms with Crippen molar-refractivity contribution >= 4 is 5.91 Å². The molecule has 1 atom stereocenters. The molecule has 1 amide bonds. The monoisotopic (exact) mass is 342 g/mol. The van der Waals surface area contributed by atoms with Crippen LogP contribution in [0.5, 0.6) is 0 Å². The number of nitrogens with one attached hydrogen (secondary N) is 1. The quantitative estimate of drug-likeness (QED) is 0.929. The minimum Gasteiger partial charge on any atom is -0.348 e. The molecule has 2 aromatic rings. The first kappa shape index (κ1) is 16.3. The van der Waals surface area contributed by atoms with Gasteiger partial charge in [0.1, 0.15) is 11.6 Å². The molecular formula is C19H23FN4O. The van der Waals surface area contributed by atoms with Gasteiger partial charge >= 0.3 is 0 Å². The van der Waals surface area contributed by atoms with Gasteiger partial charge < -0.3 is 9.88 Å². The molecule has 25 heavy (non-hydrogen) atoms. The molecule has 0 aliphatic carbocycles. The maximum Gasteiger partial charge on any atom is 0.230 e. The van der Waals surface area contributed by atoms with Crippen molar-refractivity contribution < 1.29 is 9.18 Å². The van der Waals surface area contributed by atoms with Crippen molar-refractivity contribution in [1.29, 1.82) is 0 Å². The van der Waals surface area contributed by atoms with Crippen molar-refractivity contribution in [3.63, 3.8) is 0 Å². The Bertz CT molecular complexity index is 730. The molecule has 3 heterocycles. The minimum absolute atomic E-state index is 0.241. The summed E-state index contributed by atoms with van der Waals surface area (Å²) >= 11 is 0. The lowest BCUT2D eigenvalue weighted by molar-refractivity contribution is -0.146. The lowest BCUT2D eigenvalue weighted by Gasteiger charge is -2.39. The smallest absolute Gasteiger partial charge is 0.230 e. The zero-order valence-corrected chi connectivity index (χ0v) is 14.2. The minimum atomic E-state index is -0.259. The summed E-state index contributed by atoms with van der Waals surface area (Å²) < 4.78 is 13.1. The Morgan fingerprint density at radius 1 is 1.16 bits per heavy atom. The first-order chi connectivity index (χ1) is 12.1. The third-order valence-corrected chi connectivity index (χ3v) is 5.47. The normalized spacial score (nSPS) is 24.4. The van der Waals surface area contributed by atoms with Crippen LogP contribution in [-0.4, -0.2) is 45.3 Å². The summed E-state index contributed by atoms with van der Waals surface area (Å²) in [4.78, 5) is 24.9. The second-order valence-corrected chi connectivity index (χ2v) is 7.23. The molecule has 2 saturated heterocycles. The van der Waals surface area contributed by atoms with Gasteiger partial charge in [0.05, 0.1) is 12.0 Å². The number of likely N-dealkylation sites (tertiary alicyclic amines) is 2. The summed E-state index contributed by atoms with van der Waals surface area (Å²) in [5.74, 6) is 0.961. The molecule has 4 rings (SSSR count). The van der Waals surface area contributed by atoms with E-state index in [0.29, 0.717) is 6.54 Å². The van der Waals surface area contributed by atoms with Crippen LogP contribution in [0.25, 0.3) is 0 Å². The number of carbonyl (C=O) groups is 1. The van der Waals surface area contributed by atoms with Gasteiger partial charge in [-0.25, -0.2) is 9.37 Å². The Balaban J connectivity index is 1.43. The van der Waals surface area contributed by atoms with E-state index in [2.05, 4.69) is 14.9 Å². The molecule has 1 aromatic carbocycles. The van der Waals surface area contributed by atoms with Crippen LogP contribution < -0.4 is 0 Å². The van der Waals surface area contributed by atoms with Crippen LogP contribution in [0.3, 0.4) is 0 Å². The summed E-state index contributed by atoms with van der Waals surface area (Å²) in [6.45, 7) is 3.85. The van der Waals surface area contributed by atoms with E-state index >= 15 is 0 Å².